The molecule has 22 heavy (non-hydrogen) atoms. The average Bonchev–Trinajstić information content (AvgIpc) is 2.45. The number of halogens is 3. The maximum absolute atomic E-state index is 12.9. The minimum atomic E-state index is -4.68. The average molecular weight is 335 g/mol. The number of carboxylic acids is 1. The largest absolute Gasteiger partial charge is 0.480 e. The van der Waals surface area contributed by atoms with Crippen LogP contribution in [-0.4, -0.2) is 34.5 Å². The van der Waals surface area contributed by atoms with Gasteiger partial charge >= 0.3 is 12.1 Å². The topological polar surface area (TPSA) is 66.4 Å². The van der Waals surface area contributed by atoms with E-state index < -0.39 is 35.2 Å². The van der Waals surface area contributed by atoms with Crippen molar-refractivity contribution in [1.82, 2.24) is 5.32 Å². The molecule has 8 heteroatoms. The van der Waals surface area contributed by atoms with E-state index in [9.17, 15) is 22.8 Å². The number of hydrogen-bond donors (Lipinski definition) is 2. The van der Waals surface area contributed by atoms with Crippen molar-refractivity contribution in [3.63, 3.8) is 0 Å². The minimum absolute atomic E-state index is 0.147. The van der Waals surface area contributed by atoms with Crippen LogP contribution in [0.25, 0.3) is 0 Å². The fourth-order valence-electron chi connectivity index (χ4n) is 1.77. The lowest BCUT2D eigenvalue weighted by atomic mass is 10.1. The summed E-state index contributed by atoms with van der Waals surface area (Å²) in [6.45, 7) is 1.90. The summed E-state index contributed by atoms with van der Waals surface area (Å²) in [6.07, 6.45) is -4.53. The molecule has 0 saturated carbocycles. The van der Waals surface area contributed by atoms with E-state index in [2.05, 4.69) is 5.32 Å². The number of alkyl halides is 3. The highest BCUT2D eigenvalue weighted by Gasteiger charge is 2.35. The number of amides is 1. The number of carbonyl (C=O) groups excluding carboxylic acids is 1. The Morgan fingerprint density at radius 2 is 1.95 bits per heavy atom. The lowest BCUT2D eigenvalue weighted by Crippen LogP contribution is -2.41. The molecule has 4 nitrogen and oxygen atoms in total. The Hall–Kier alpha value is -1.70. The van der Waals surface area contributed by atoms with Gasteiger partial charge in [-0.2, -0.15) is 24.9 Å². The maximum Gasteiger partial charge on any atom is 0.417 e. The van der Waals surface area contributed by atoms with E-state index in [1.807, 2.05) is 6.92 Å². The van der Waals surface area contributed by atoms with Gasteiger partial charge in [0.1, 0.15) is 6.04 Å². The fourth-order valence-corrected chi connectivity index (χ4v) is 2.46. The zero-order valence-corrected chi connectivity index (χ0v) is 12.6. The first kappa shape index (κ1) is 18.3. The van der Waals surface area contributed by atoms with Crippen molar-refractivity contribution < 1.29 is 27.9 Å². The molecular formula is C14H16F3NO3S. The van der Waals surface area contributed by atoms with Crippen LogP contribution in [0.4, 0.5) is 13.2 Å². The molecule has 1 unspecified atom stereocenters. The second-order valence-electron chi connectivity index (χ2n) is 4.39. The van der Waals surface area contributed by atoms with Gasteiger partial charge in [-0.1, -0.05) is 19.1 Å². The molecule has 0 heterocycles. The highest BCUT2D eigenvalue weighted by Crippen LogP contribution is 2.31. The molecule has 0 saturated heterocycles. The second kappa shape index (κ2) is 8.07. The molecule has 1 amide bonds. The highest BCUT2D eigenvalue weighted by molar-refractivity contribution is 7.99. The zero-order chi connectivity index (χ0) is 16.8. The molecule has 0 aliphatic rings. The predicted octanol–water partition coefficient (Wildman–Crippen LogP) is 3.03. The minimum Gasteiger partial charge on any atom is -0.480 e. The Morgan fingerprint density at radius 1 is 1.32 bits per heavy atom. The number of carbonyl (C=O) groups is 2. The first-order valence-electron chi connectivity index (χ1n) is 6.55. The van der Waals surface area contributed by atoms with Crippen LogP contribution in [0.3, 0.4) is 0 Å². The Bertz CT molecular complexity index is 534. The molecule has 122 valence electrons. The van der Waals surface area contributed by atoms with Gasteiger partial charge in [0.2, 0.25) is 0 Å². The number of hydrogen-bond acceptors (Lipinski definition) is 3. The standard InChI is InChI=1S/C14H16F3NO3S/c1-2-22-8-7-11(13(20)21)18-12(19)9-5-3-4-6-10(9)14(15,16)17/h3-6,11H,2,7-8H2,1H3,(H,18,19)(H,20,21). The van der Waals surface area contributed by atoms with Gasteiger partial charge in [-0.15, -0.1) is 0 Å². The van der Waals surface area contributed by atoms with Crippen molar-refractivity contribution >= 4 is 23.6 Å². The van der Waals surface area contributed by atoms with E-state index in [0.717, 1.165) is 17.9 Å². The molecule has 0 fully saturated rings. The Kier molecular flexibility index (Phi) is 6.73. The van der Waals surface area contributed by atoms with E-state index in [4.69, 9.17) is 5.11 Å². The number of nitrogens with one attached hydrogen (secondary N) is 1. The predicted molar refractivity (Wildman–Crippen MR) is 78.0 cm³/mol. The molecule has 1 aromatic carbocycles. The van der Waals surface area contributed by atoms with Crippen molar-refractivity contribution in [2.45, 2.75) is 25.6 Å². The van der Waals surface area contributed by atoms with Crippen LogP contribution in [0, 0.1) is 0 Å². The van der Waals surface area contributed by atoms with Crippen molar-refractivity contribution in [1.29, 1.82) is 0 Å². The summed E-state index contributed by atoms with van der Waals surface area (Å²) in [5, 5.41) is 11.2. The van der Waals surface area contributed by atoms with Gasteiger partial charge in [0, 0.05) is 0 Å². The van der Waals surface area contributed by atoms with Crippen molar-refractivity contribution in [2.24, 2.45) is 0 Å². The molecule has 2 N–H and O–H groups in total. The summed E-state index contributed by atoms with van der Waals surface area (Å²) in [7, 11) is 0. The highest BCUT2D eigenvalue weighted by atomic mass is 32.2. The summed E-state index contributed by atoms with van der Waals surface area (Å²) >= 11 is 1.49. The summed E-state index contributed by atoms with van der Waals surface area (Å²) in [5.41, 5.74) is -1.66. The number of benzene rings is 1. The molecule has 0 aliphatic heterocycles. The van der Waals surface area contributed by atoms with E-state index in [-0.39, 0.29) is 6.42 Å². The number of rotatable bonds is 7. The van der Waals surface area contributed by atoms with E-state index in [0.29, 0.717) is 5.75 Å². The molecule has 1 aromatic rings. The third kappa shape index (κ3) is 5.25. The summed E-state index contributed by atoms with van der Waals surface area (Å²) in [5.74, 6) is -1.03. The van der Waals surface area contributed by atoms with E-state index in [1.54, 1.807) is 0 Å². The third-order valence-electron chi connectivity index (χ3n) is 2.84. The monoisotopic (exact) mass is 335 g/mol. The van der Waals surface area contributed by atoms with Gasteiger partial charge in [0.15, 0.2) is 0 Å². The van der Waals surface area contributed by atoms with Crippen LogP contribution in [-0.2, 0) is 11.0 Å². The summed E-state index contributed by atoms with van der Waals surface area (Å²) in [4.78, 5) is 23.1. The van der Waals surface area contributed by atoms with Crippen molar-refractivity contribution in [3.8, 4) is 0 Å². The van der Waals surface area contributed by atoms with Crippen molar-refractivity contribution in [3.05, 3.63) is 35.4 Å². The third-order valence-corrected chi connectivity index (χ3v) is 3.77. The van der Waals surface area contributed by atoms with Gasteiger partial charge in [0.05, 0.1) is 11.1 Å². The molecule has 0 aliphatic carbocycles. The lowest BCUT2D eigenvalue weighted by molar-refractivity contribution is -0.139. The summed E-state index contributed by atoms with van der Waals surface area (Å²) in [6, 6.07) is 3.07. The number of aliphatic carboxylic acids is 1. The smallest absolute Gasteiger partial charge is 0.417 e. The molecule has 1 atom stereocenters. The number of thioether (sulfide) groups is 1. The SMILES string of the molecule is CCSCCC(NC(=O)c1ccccc1C(F)(F)F)C(=O)O. The van der Waals surface area contributed by atoms with Crippen LogP contribution in [0.2, 0.25) is 0 Å². The molecule has 0 aromatic heterocycles. The molecule has 0 radical (unpaired) electrons. The van der Waals surface area contributed by atoms with Crippen molar-refractivity contribution in [2.75, 3.05) is 11.5 Å². The Balaban J connectivity index is 2.89. The quantitative estimate of drug-likeness (QED) is 0.752. The molecular weight excluding hydrogens is 319 g/mol. The Morgan fingerprint density at radius 3 is 2.50 bits per heavy atom. The first-order valence-corrected chi connectivity index (χ1v) is 7.70. The van der Waals surface area contributed by atoms with Crippen LogP contribution < -0.4 is 5.32 Å². The van der Waals surface area contributed by atoms with Gasteiger partial charge < -0.3 is 10.4 Å². The Labute approximate surface area is 130 Å². The van der Waals surface area contributed by atoms with Crippen LogP contribution in [0.15, 0.2) is 24.3 Å². The molecule has 0 spiro atoms. The van der Waals surface area contributed by atoms with Crippen LogP contribution in [0.1, 0.15) is 29.3 Å². The fraction of sp³-hybridized carbons (Fsp3) is 0.429. The number of carboxylic acid groups (broad SMARTS) is 1. The lowest BCUT2D eigenvalue weighted by Gasteiger charge is -2.16. The normalized spacial score (nSPS) is 12.7. The van der Waals surface area contributed by atoms with Crippen LogP contribution in [0.5, 0.6) is 0 Å². The second-order valence-corrected chi connectivity index (χ2v) is 5.79. The van der Waals surface area contributed by atoms with E-state index in [1.165, 1.54) is 23.9 Å². The molecule has 0 bridgehead atoms. The summed E-state index contributed by atoms with van der Waals surface area (Å²) < 4.78 is 38.6. The maximum atomic E-state index is 12.9. The van der Waals surface area contributed by atoms with Gasteiger partial charge in [0.25, 0.3) is 5.91 Å². The van der Waals surface area contributed by atoms with Gasteiger partial charge in [-0.3, -0.25) is 4.79 Å². The van der Waals surface area contributed by atoms with Gasteiger partial charge in [-0.05, 0) is 30.1 Å². The first-order chi connectivity index (χ1) is 10.3. The van der Waals surface area contributed by atoms with Crippen LogP contribution >= 0.6 is 11.8 Å². The van der Waals surface area contributed by atoms with E-state index >= 15 is 0 Å². The van der Waals surface area contributed by atoms with Gasteiger partial charge in [-0.25, -0.2) is 4.79 Å². The zero-order valence-electron chi connectivity index (χ0n) is 11.8. The molecule has 1 rings (SSSR count).